The van der Waals surface area contributed by atoms with Gasteiger partial charge in [0.2, 0.25) is 5.88 Å². The molecule has 1 aliphatic carbocycles. The molecule has 0 spiro atoms. The van der Waals surface area contributed by atoms with Crippen LogP contribution in [0.1, 0.15) is 40.9 Å². The summed E-state index contributed by atoms with van der Waals surface area (Å²) >= 11 is 1.39. The summed E-state index contributed by atoms with van der Waals surface area (Å²) in [6.45, 7) is 4.00. The number of nitrogens with one attached hydrogen (secondary N) is 1. The predicted octanol–water partition coefficient (Wildman–Crippen LogP) is 3.56. The molecule has 13 heteroatoms. The average Bonchev–Trinajstić information content (AvgIpc) is 3.42. The lowest BCUT2D eigenvalue weighted by Gasteiger charge is -2.34. The van der Waals surface area contributed by atoms with Crippen LogP contribution in [0.4, 0.5) is 14.5 Å². The zero-order valence-electron chi connectivity index (χ0n) is 20.2. The molecule has 3 N–H and O–H groups in total. The summed E-state index contributed by atoms with van der Waals surface area (Å²) in [7, 11) is 1.58. The van der Waals surface area contributed by atoms with Crippen molar-refractivity contribution in [1.82, 2.24) is 15.1 Å². The van der Waals surface area contributed by atoms with E-state index >= 15 is 4.39 Å². The summed E-state index contributed by atoms with van der Waals surface area (Å²) in [5.74, 6) is -2.24. The molecule has 194 valence electrons. The Labute approximate surface area is 215 Å². The summed E-state index contributed by atoms with van der Waals surface area (Å²) in [6, 6.07) is 4.01. The van der Waals surface area contributed by atoms with Gasteiger partial charge in [-0.2, -0.15) is 0 Å². The zero-order chi connectivity index (χ0) is 26.4. The highest BCUT2D eigenvalue weighted by Gasteiger charge is 2.66. The molecule has 3 heterocycles. The predicted molar refractivity (Wildman–Crippen MR) is 131 cm³/mol. The number of methoxy groups -OCH3 is 1. The first-order chi connectivity index (χ1) is 17.6. The number of thioether (sulfide) groups is 1. The van der Waals surface area contributed by atoms with E-state index in [1.807, 2.05) is 0 Å². The number of fused-ring (bicyclic) bond motifs is 1. The number of rotatable bonds is 8. The van der Waals surface area contributed by atoms with Crippen LogP contribution in [-0.4, -0.2) is 44.7 Å². The van der Waals surface area contributed by atoms with Crippen molar-refractivity contribution in [2.24, 2.45) is 16.6 Å². The van der Waals surface area contributed by atoms with Gasteiger partial charge in [0.1, 0.15) is 5.69 Å². The van der Waals surface area contributed by atoms with Gasteiger partial charge < -0.3 is 25.0 Å². The maximum atomic E-state index is 15.1. The van der Waals surface area contributed by atoms with E-state index in [9.17, 15) is 9.18 Å². The zero-order valence-corrected chi connectivity index (χ0v) is 21.1. The first kappa shape index (κ1) is 25.1. The third-order valence-corrected chi connectivity index (χ3v) is 7.75. The average molecular weight is 531 g/mol. The summed E-state index contributed by atoms with van der Waals surface area (Å²) in [5, 5.41) is 6.60. The molecule has 0 bridgehead atoms. The minimum atomic E-state index is -1.12. The molecule has 1 saturated carbocycles. The van der Waals surface area contributed by atoms with Gasteiger partial charge in [0, 0.05) is 36.4 Å². The number of amidine groups is 1. The molecule has 2 aliphatic rings. The van der Waals surface area contributed by atoms with Crippen LogP contribution in [0.25, 0.3) is 0 Å². The number of carbonyl (C=O) groups excluding carboxylic acids is 1. The third-order valence-electron chi connectivity index (χ3n) is 6.47. The lowest BCUT2D eigenvalue weighted by molar-refractivity contribution is 0.102. The van der Waals surface area contributed by atoms with Gasteiger partial charge in [-0.15, -0.1) is 0 Å². The van der Waals surface area contributed by atoms with Crippen molar-refractivity contribution < 1.29 is 27.6 Å². The minimum absolute atomic E-state index is 0.00603. The Morgan fingerprint density at radius 3 is 2.78 bits per heavy atom. The van der Waals surface area contributed by atoms with Crippen molar-refractivity contribution in [3.8, 4) is 5.88 Å². The highest BCUT2D eigenvalue weighted by molar-refractivity contribution is 8.15. The molecule has 10 nitrogen and oxygen atoms in total. The fourth-order valence-corrected chi connectivity index (χ4v) is 6.14. The molecule has 2 aromatic heterocycles. The monoisotopic (exact) mass is 530 g/mol. The number of carbonyl (C=O) groups is 1. The highest BCUT2D eigenvalue weighted by atomic mass is 32.2. The molecule has 0 unspecified atom stereocenters. The highest BCUT2D eigenvalue weighted by Crippen LogP contribution is 2.66. The molecule has 1 aliphatic heterocycles. The number of aromatic nitrogens is 3. The lowest BCUT2D eigenvalue weighted by atomic mass is 9.85. The number of amides is 1. The van der Waals surface area contributed by atoms with Crippen molar-refractivity contribution in [3.05, 3.63) is 64.9 Å². The summed E-state index contributed by atoms with van der Waals surface area (Å²) in [5.41, 5.74) is 5.67. The second-order valence-electron chi connectivity index (χ2n) is 9.19. The molecule has 1 fully saturated rings. The van der Waals surface area contributed by atoms with Crippen LogP contribution in [0.2, 0.25) is 0 Å². The Kier molecular flexibility index (Phi) is 6.36. The Morgan fingerprint density at radius 2 is 2.11 bits per heavy atom. The summed E-state index contributed by atoms with van der Waals surface area (Å²) < 4.78 is 45.3. The second kappa shape index (κ2) is 9.38. The number of aliphatic imine (C=N–C) groups is 1. The van der Waals surface area contributed by atoms with E-state index < -0.39 is 23.1 Å². The molecular formula is C24H24F2N6O4S. The SMILES string of the molecule is COC[C@]12C[C@H]1[C@](C)(c1cc(NC(=O)c3cnc(OCc4cc(C)no4)cn3)cc(F)c1F)N=C(N)S2. The van der Waals surface area contributed by atoms with Gasteiger partial charge in [-0.25, -0.2) is 18.7 Å². The molecule has 1 amide bonds. The number of benzene rings is 1. The lowest BCUT2D eigenvalue weighted by Crippen LogP contribution is -2.38. The van der Waals surface area contributed by atoms with Crippen molar-refractivity contribution >= 4 is 28.5 Å². The first-order valence-corrected chi connectivity index (χ1v) is 12.2. The first-order valence-electron chi connectivity index (χ1n) is 11.3. The molecular weight excluding hydrogens is 506 g/mol. The number of aryl methyl sites for hydroxylation is 1. The van der Waals surface area contributed by atoms with Crippen LogP contribution < -0.4 is 15.8 Å². The van der Waals surface area contributed by atoms with Gasteiger partial charge >= 0.3 is 0 Å². The fraction of sp³-hybridized carbons (Fsp3) is 0.375. The van der Waals surface area contributed by atoms with E-state index in [0.29, 0.717) is 18.8 Å². The van der Waals surface area contributed by atoms with Crippen LogP contribution in [-0.2, 0) is 16.9 Å². The standard InChI is InChI=1S/C24H24F2N6O4S/c1-12-4-14(36-32-12)10-35-19-9-28-17(8-29-19)21(33)30-13-5-15(20(26)16(25)6-13)23(2)18-7-24(18,11-34-3)37-22(27)31-23/h4-6,8-9,18H,7,10-11H2,1-3H3,(H2,27,31)(H,30,33)/t18-,23-,24+/m0/s1. The van der Waals surface area contributed by atoms with Gasteiger partial charge in [0.15, 0.2) is 29.2 Å². The molecule has 1 aromatic carbocycles. The minimum Gasteiger partial charge on any atom is -0.468 e. The van der Waals surface area contributed by atoms with E-state index in [1.165, 1.54) is 30.2 Å². The summed E-state index contributed by atoms with van der Waals surface area (Å²) in [4.78, 5) is 25.4. The third kappa shape index (κ3) is 4.76. The van der Waals surface area contributed by atoms with E-state index in [-0.39, 0.29) is 45.3 Å². The Morgan fingerprint density at radius 1 is 1.30 bits per heavy atom. The largest absolute Gasteiger partial charge is 0.468 e. The molecule has 5 rings (SSSR count). The maximum Gasteiger partial charge on any atom is 0.275 e. The van der Waals surface area contributed by atoms with Gasteiger partial charge in [0.25, 0.3) is 5.91 Å². The van der Waals surface area contributed by atoms with E-state index in [0.717, 1.165) is 11.8 Å². The molecule has 37 heavy (non-hydrogen) atoms. The van der Waals surface area contributed by atoms with Gasteiger partial charge in [0.05, 0.1) is 35.0 Å². The topological polar surface area (TPSA) is 138 Å². The van der Waals surface area contributed by atoms with Crippen molar-refractivity contribution in [1.29, 1.82) is 0 Å². The number of nitrogens with two attached hydrogens (primary N) is 1. The molecule has 0 radical (unpaired) electrons. The van der Waals surface area contributed by atoms with Gasteiger partial charge in [-0.3, -0.25) is 9.79 Å². The van der Waals surface area contributed by atoms with Gasteiger partial charge in [-0.05, 0) is 26.3 Å². The summed E-state index contributed by atoms with van der Waals surface area (Å²) in [6.07, 6.45) is 3.17. The Hall–Kier alpha value is -3.58. The number of halogens is 2. The second-order valence-corrected chi connectivity index (χ2v) is 10.6. The molecule has 3 aromatic rings. The van der Waals surface area contributed by atoms with E-state index in [4.69, 9.17) is 19.7 Å². The Bertz CT molecular complexity index is 1380. The van der Waals surface area contributed by atoms with Crippen LogP contribution in [0, 0.1) is 24.5 Å². The number of hydrogen-bond donors (Lipinski definition) is 2. The number of hydrogen-bond acceptors (Lipinski definition) is 10. The van der Waals surface area contributed by atoms with Crippen LogP contribution in [0.3, 0.4) is 0 Å². The van der Waals surface area contributed by atoms with Gasteiger partial charge in [-0.1, -0.05) is 16.9 Å². The Balaban J connectivity index is 1.33. The molecule has 3 atom stereocenters. The van der Waals surface area contributed by atoms with Crippen molar-refractivity contribution in [2.45, 2.75) is 37.2 Å². The van der Waals surface area contributed by atoms with Crippen molar-refractivity contribution in [2.75, 3.05) is 19.0 Å². The normalized spacial score (nSPS) is 24.2. The van der Waals surface area contributed by atoms with Crippen LogP contribution in [0.5, 0.6) is 5.88 Å². The molecule has 0 saturated heterocycles. The van der Waals surface area contributed by atoms with Crippen LogP contribution >= 0.6 is 11.8 Å². The number of anilines is 1. The maximum absolute atomic E-state index is 15.1. The smallest absolute Gasteiger partial charge is 0.275 e. The van der Waals surface area contributed by atoms with Crippen molar-refractivity contribution in [3.63, 3.8) is 0 Å². The van der Waals surface area contributed by atoms with E-state index in [1.54, 1.807) is 27.0 Å². The van der Waals surface area contributed by atoms with E-state index in [2.05, 4.69) is 25.4 Å². The quantitative estimate of drug-likeness (QED) is 0.448. The van der Waals surface area contributed by atoms with Crippen LogP contribution in [0.15, 0.2) is 40.1 Å². The fourth-order valence-electron chi connectivity index (χ4n) is 4.69. The number of nitrogens with zero attached hydrogens (tertiary/aromatic N) is 4. The number of ether oxygens (including phenoxy) is 2.